The summed E-state index contributed by atoms with van der Waals surface area (Å²) in [4.78, 5) is 2.75. The molecule has 0 amide bonds. The molecule has 0 radical (unpaired) electrons. The van der Waals surface area contributed by atoms with Crippen molar-refractivity contribution in [2.24, 2.45) is 5.92 Å². The first-order valence-electron chi connectivity index (χ1n) is 6.51. The zero-order valence-electron chi connectivity index (χ0n) is 10.7. The number of nitrogens with zero attached hydrogens (tertiary/aromatic N) is 1. The lowest BCUT2D eigenvalue weighted by molar-refractivity contribution is 0.0800. The molecule has 2 fully saturated rings. The Morgan fingerprint density at radius 1 is 1.40 bits per heavy atom. The molecule has 0 aromatic carbocycles. The number of hydrogen-bond donors (Lipinski definition) is 1. The van der Waals surface area contributed by atoms with Crippen molar-refractivity contribution in [1.82, 2.24) is 10.2 Å². The van der Waals surface area contributed by atoms with Crippen molar-refractivity contribution >= 4 is 0 Å². The van der Waals surface area contributed by atoms with Crippen LogP contribution in [0.25, 0.3) is 0 Å². The molecule has 1 heterocycles. The summed E-state index contributed by atoms with van der Waals surface area (Å²) in [5.74, 6) is 0.810. The summed E-state index contributed by atoms with van der Waals surface area (Å²) in [5, 5.41) is 3.69. The van der Waals surface area contributed by atoms with Crippen LogP contribution in [0, 0.1) is 5.92 Å². The largest absolute Gasteiger partial charge is 0.311 e. The molecule has 1 aliphatic carbocycles. The second kappa shape index (κ2) is 4.06. The summed E-state index contributed by atoms with van der Waals surface area (Å²) in [6, 6.07) is 1.44. The van der Waals surface area contributed by atoms with Crippen molar-refractivity contribution in [2.75, 3.05) is 13.1 Å². The molecule has 15 heavy (non-hydrogen) atoms. The van der Waals surface area contributed by atoms with Crippen LogP contribution in [-0.2, 0) is 0 Å². The molecule has 0 bridgehead atoms. The number of rotatable bonds is 3. The Morgan fingerprint density at radius 3 is 2.60 bits per heavy atom. The fraction of sp³-hybridized carbons (Fsp3) is 1.00. The molecule has 1 saturated heterocycles. The van der Waals surface area contributed by atoms with E-state index in [0.29, 0.717) is 5.54 Å². The third-order valence-corrected chi connectivity index (χ3v) is 4.07. The fourth-order valence-electron chi connectivity index (χ4n) is 2.88. The highest BCUT2D eigenvalue weighted by molar-refractivity contribution is 5.04. The summed E-state index contributed by atoms with van der Waals surface area (Å²) in [5.41, 5.74) is 0.552. The molecule has 0 aromatic heterocycles. The van der Waals surface area contributed by atoms with Gasteiger partial charge in [-0.25, -0.2) is 0 Å². The van der Waals surface area contributed by atoms with Crippen LogP contribution >= 0.6 is 0 Å². The van der Waals surface area contributed by atoms with E-state index >= 15 is 0 Å². The minimum atomic E-state index is 0.552. The molecule has 0 aromatic rings. The van der Waals surface area contributed by atoms with Crippen LogP contribution in [0.15, 0.2) is 0 Å². The first-order valence-corrected chi connectivity index (χ1v) is 6.51. The van der Waals surface area contributed by atoms with E-state index in [1.54, 1.807) is 0 Å². The predicted octanol–water partition coefficient (Wildman–Crippen LogP) is 2.25. The Morgan fingerprint density at radius 2 is 2.07 bits per heavy atom. The summed E-state index contributed by atoms with van der Waals surface area (Å²) in [6.45, 7) is 11.9. The molecule has 2 aliphatic rings. The van der Waals surface area contributed by atoms with Gasteiger partial charge < -0.3 is 5.32 Å². The lowest BCUT2D eigenvalue weighted by Crippen LogP contribution is -2.59. The van der Waals surface area contributed by atoms with Crippen LogP contribution in [0.2, 0.25) is 0 Å². The average Bonchev–Trinajstić information content (AvgIpc) is 2.87. The van der Waals surface area contributed by atoms with Crippen molar-refractivity contribution in [3.05, 3.63) is 0 Å². The lowest BCUT2D eigenvalue weighted by atomic mass is 9.98. The highest BCUT2D eigenvalue weighted by Crippen LogP contribution is 2.43. The molecular formula is C13H26N2. The lowest BCUT2D eigenvalue weighted by Gasteiger charge is -2.43. The molecule has 0 spiro atoms. The van der Waals surface area contributed by atoms with Gasteiger partial charge in [0.25, 0.3) is 0 Å². The van der Waals surface area contributed by atoms with Crippen molar-refractivity contribution in [3.63, 3.8) is 0 Å². The molecule has 2 rings (SSSR count). The minimum absolute atomic E-state index is 0.552. The summed E-state index contributed by atoms with van der Waals surface area (Å²) in [6.07, 6.45) is 4.14. The maximum absolute atomic E-state index is 3.69. The Hall–Kier alpha value is -0.0800. The Labute approximate surface area is 94.4 Å². The molecule has 1 saturated carbocycles. The second-order valence-electron chi connectivity index (χ2n) is 6.23. The quantitative estimate of drug-likeness (QED) is 0.768. The van der Waals surface area contributed by atoms with E-state index in [1.807, 2.05) is 0 Å². The SMILES string of the molecule is CC(C)CC1CN(C2(C)CC2)C(C)CN1. The molecule has 2 unspecified atom stereocenters. The van der Waals surface area contributed by atoms with E-state index in [2.05, 4.69) is 37.9 Å². The van der Waals surface area contributed by atoms with E-state index in [4.69, 9.17) is 0 Å². The van der Waals surface area contributed by atoms with Gasteiger partial charge in [-0.2, -0.15) is 0 Å². The van der Waals surface area contributed by atoms with Gasteiger partial charge in [-0.15, -0.1) is 0 Å². The predicted molar refractivity (Wildman–Crippen MR) is 65.1 cm³/mol. The third-order valence-electron chi connectivity index (χ3n) is 4.07. The minimum Gasteiger partial charge on any atom is -0.311 e. The Balaban J connectivity index is 1.92. The molecule has 2 nitrogen and oxygen atoms in total. The van der Waals surface area contributed by atoms with Gasteiger partial charge in [0.1, 0.15) is 0 Å². The topological polar surface area (TPSA) is 15.3 Å². The molecule has 88 valence electrons. The second-order valence-corrected chi connectivity index (χ2v) is 6.23. The fourth-order valence-corrected chi connectivity index (χ4v) is 2.88. The van der Waals surface area contributed by atoms with Crippen molar-refractivity contribution in [2.45, 2.75) is 64.6 Å². The number of nitrogens with one attached hydrogen (secondary N) is 1. The maximum atomic E-state index is 3.69. The molecule has 2 heteroatoms. The maximum Gasteiger partial charge on any atom is 0.0198 e. The van der Waals surface area contributed by atoms with Crippen LogP contribution in [0.4, 0.5) is 0 Å². The number of piperazine rings is 1. The van der Waals surface area contributed by atoms with E-state index in [1.165, 1.54) is 32.4 Å². The van der Waals surface area contributed by atoms with Crippen LogP contribution in [0.3, 0.4) is 0 Å². The van der Waals surface area contributed by atoms with Crippen molar-refractivity contribution in [3.8, 4) is 0 Å². The van der Waals surface area contributed by atoms with Crippen molar-refractivity contribution in [1.29, 1.82) is 0 Å². The standard InChI is InChI=1S/C13H26N2/c1-10(2)7-12-9-15(11(3)8-14-12)13(4)5-6-13/h10-12,14H,5-9H2,1-4H3. The van der Waals surface area contributed by atoms with Crippen LogP contribution in [0.1, 0.15) is 47.0 Å². The van der Waals surface area contributed by atoms with Crippen LogP contribution < -0.4 is 5.32 Å². The Kier molecular flexibility index (Phi) is 3.09. The number of hydrogen-bond acceptors (Lipinski definition) is 2. The monoisotopic (exact) mass is 210 g/mol. The smallest absolute Gasteiger partial charge is 0.0198 e. The first kappa shape index (κ1) is 11.4. The van der Waals surface area contributed by atoms with Gasteiger partial charge in [-0.05, 0) is 39.0 Å². The molecular weight excluding hydrogens is 184 g/mol. The van der Waals surface area contributed by atoms with E-state index in [-0.39, 0.29) is 0 Å². The highest BCUT2D eigenvalue weighted by Gasteiger charge is 2.46. The van der Waals surface area contributed by atoms with Gasteiger partial charge >= 0.3 is 0 Å². The molecule has 1 N–H and O–H groups in total. The van der Waals surface area contributed by atoms with E-state index in [0.717, 1.165) is 18.0 Å². The van der Waals surface area contributed by atoms with Crippen LogP contribution in [-0.4, -0.2) is 35.6 Å². The first-order chi connectivity index (χ1) is 7.01. The van der Waals surface area contributed by atoms with Crippen molar-refractivity contribution < 1.29 is 0 Å². The van der Waals surface area contributed by atoms with Gasteiger partial charge in [0.05, 0.1) is 0 Å². The molecule has 2 atom stereocenters. The van der Waals surface area contributed by atoms with E-state index in [9.17, 15) is 0 Å². The highest BCUT2D eigenvalue weighted by atomic mass is 15.3. The normalized spacial score (nSPS) is 35.8. The van der Waals surface area contributed by atoms with Gasteiger partial charge in [0.15, 0.2) is 0 Å². The van der Waals surface area contributed by atoms with Gasteiger partial charge in [-0.3, -0.25) is 4.90 Å². The summed E-state index contributed by atoms with van der Waals surface area (Å²) < 4.78 is 0. The van der Waals surface area contributed by atoms with Gasteiger partial charge in [0, 0.05) is 30.7 Å². The molecule has 1 aliphatic heterocycles. The van der Waals surface area contributed by atoms with E-state index < -0.39 is 0 Å². The van der Waals surface area contributed by atoms with Crippen LogP contribution in [0.5, 0.6) is 0 Å². The third kappa shape index (κ3) is 2.54. The average molecular weight is 210 g/mol. The summed E-state index contributed by atoms with van der Waals surface area (Å²) in [7, 11) is 0. The van der Waals surface area contributed by atoms with Gasteiger partial charge in [-0.1, -0.05) is 13.8 Å². The zero-order valence-corrected chi connectivity index (χ0v) is 10.7. The van der Waals surface area contributed by atoms with Gasteiger partial charge in [0.2, 0.25) is 0 Å². The summed E-state index contributed by atoms with van der Waals surface area (Å²) >= 11 is 0. The Bertz CT molecular complexity index is 221. The zero-order chi connectivity index (χ0) is 11.1.